The van der Waals surface area contributed by atoms with Crippen LogP contribution in [-0.4, -0.2) is 60.1 Å². The second kappa shape index (κ2) is 5.67. The lowest BCUT2D eigenvalue weighted by molar-refractivity contribution is -0.153. The highest BCUT2D eigenvalue weighted by molar-refractivity contribution is 5.97. The second-order valence-corrected chi connectivity index (χ2v) is 5.90. The van der Waals surface area contributed by atoms with E-state index in [1.807, 2.05) is 7.05 Å². The van der Waals surface area contributed by atoms with Crippen molar-refractivity contribution in [2.75, 3.05) is 33.2 Å². The molecule has 0 bridgehead atoms. The monoisotopic (exact) mass is 257 g/mol. The maximum absolute atomic E-state index is 12.0. The summed E-state index contributed by atoms with van der Waals surface area (Å²) >= 11 is 0. The molecule has 1 saturated heterocycles. The first-order chi connectivity index (χ1) is 8.21. The van der Waals surface area contributed by atoms with E-state index in [4.69, 9.17) is 5.11 Å². The lowest BCUT2D eigenvalue weighted by Gasteiger charge is -2.34. The highest BCUT2D eigenvalue weighted by atomic mass is 16.4. The fraction of sp³-hybridized carbons (Fsp3) is 0.833. The van der Waals surface area contributed by atoms with Crippen LogP contribution in [0.1, 0.15) is 20.8 Å². The summed E-state index contributed by atoms with van der Waals surface area (Å²) in [5.74, 6) is -2.54. The molecule has 6 nitrogen and oxygen atoms in total. The highest BCUT2D eigenvalue weighted by Crippen LogP contribution is 2.26. The first-order valence-corrected chi connectivity index (χ1v) is 6.18. The maximum Gasteiger partial charge on any atom is 0.316 e. The molecule has 2 N–H and O–H groups in total. The van der Waals surface area contributed by atoms with E-state index in [-0.39, 0.29) is 0 Å². The van der Waals surface area contributed by atoms with Crippen LogP contribution in [0.2, 0.25) is 0 Å². The number of nitrogens with zero attached hydrogens (tertiary/aromatic N) is 2. The number of carbonyl (C=O) groups excluding carboxylic acids is 1. The molecule has 1 fully saturated rings. The van der Waals surface area contributed by atoms with Gasteiger partial charge in [-0.3, -0.25) is 15.0 Å². The van der Waals surface area contributed by atoms with E-state index >= 15 is 0 Å². The van der Waals surface area contributed by atoms with Crippen molar-refractivity contribution in [3.63, 3.8) is 0 Å². The molecule has 0 aromatic rings. The predicted molar refractivity (Wildman–Crippen MR) is 67.8 cm³/mol. The van der Waals surface area contributed by atoms with Crippen LogP contribution in [0.4, 0.5) is 0 Å². The van der Waals surface area contributed by atoms with Gasteiger partial charge in [-0.2, -0.15) is 0 Å². The number of likely N-dealkylation sites (N-methyl/N-ethyl adjacent to an activating group) is 1. The van der Waals surface area contributed by atoms with Crippen molar-refractivity contribution >= 4 is 11.9 Å². The lowest BCUT2D eigenvalue weighted by Crippen LogP contribution is -2.55. The first kappa shape index (κ1) is 14.9. The van der Waals surface area contributed by atoms with E-state index in [2.05, 4.69) is 10.3 Å². The Morgan fingerprint density at radius 3 is 2.06 bits per heavy atom. The summed E-state index contributed by atoms with van der Waals surface area (Å²) in [6, 6.07) is 0. The van der Waals surface area contributed by atoms with Crippen LogP contribution in [0.3, 0.4) is 0 Å². The summed E-state index contributed by atoms with van der Waals surface area (Å²) in [4.78, 5) is 25.4. The molecule has 1 unspecified atom stereocenters. The van der Waals surface area contributed by atoms with Crippen LogP contribution in [0.5, 0.6) is 0 Å². The average Bonchev–Trinajstić information content (AvgIpc) is 2.18. The third kappa shape index (κ3) is 3.96. The number of carboxylic acid groups (broad SMARTS) is 1. The van der Waals surface area contributed by atoms with Crippen LogP contribution in [0.15, 0.2) is 0 Å². The van der Waals surface area contributed by atoms with Crippen molar-refractivity contribution in [2.45, 2.75) is 20.8 Å². The van der Waals surface area contributed by atoms with E-state index in [0.29, 0.717) is 0 Å². The zero-order chi connectivity index (χ0) is 13.9. The lowest BCUT2D eigenvalue weighted by atomic mass is 9.80. The summed E-state index contributed by atoms with van der Waals surface area (Å²) < 4.78 is 0. The van der Waals surface area contributed by atoms with Gasteiger partial charge in [0.05, 0.1) is 0 Å². The van der Waals surface area contributed by atoms with Crippen molar-refractivity contribution in [3.8, 4) is 0 Å². The molecule has 0 aliphatic carbocycles. The van der Waals surface area contributed by atoms with Gasteiger partial charge < -0.3 is 10.0 Å². The molecule has 0 spiro atoms. The van der Waals surface area contributed by atoms with E-state index in [0.717, 1.165) is 26.2 Å². The van der Waals surface area contributed by atoms with Crippen LogP contribution < -0.4 is 5.43 Å². The number of carbonyl (C=O) groups is 2. The minimum atomic E-state index is -1.07. The SMILES string of the molecule is CN1CCN(NC(=O)C(C(=O)O)C(C)(C)C)CC1. The van der Waals surface area contributed by atoms with E-state index in [1.54, 1.807) is 25.8 Å². The van der Waals surface area contributed by atoms with Crippen LogP contribution in [-0.2, 0) is 9.59 Å². The van der Waals surface area contributed by atoms with Gasteiger partial charge in [-0.1, -0.05) is 20.8 Å². The minimum Gasteiger partial charge on any atom is -0.481 e. The Morgan fingerprint density at radius 2 is 1.67 bits per heavy atom. The highest BCUT2D eigenvalue weighted by Gasteiger charge is 2.38. The molecular weight excluding hydrogens is 234 g/mol. The fourth-order valence-corrected chi connectivity index (χ4v) is 2.01. The second-order valence-electron chi connectivity index (χ2n) is 5.90. The van der Waals surface area contributed by atoms with Crippen molar-refractivity contribution in [3.05, 3.63) is 0 Å². The minimum absolute atomic E-state index is 0.431. The molecule has 1 amide bonds. The molecule has 18 heavy (non-hydrogen) atoms. The molecule has 0 saturated carbocycles. The molecule has 0 aromatic heterocycles. The van der Waals surface area contributed by atoms with E-state index < -0.39 is 23.2 Å². The smallest absolute Gasteiger partial charge is 0.316 e. The van der Waals surface area contributed by atoms with Crippen molar-refractivity contribution in [1.82, 2.24) is 15.3 Å². The topological polar surface area (TPSA) is 72.9 Å². The molecule has 1 rings (SSSR count). The van der Waals surface area contributed by atoms with Gasteiger partial charge in [-0.05, 0) is 12.5 Å². The Balaban J connectivity index is 2.60. The Bertz CT molecular complexity index is 317. The molecule has 1 aliphatic heterocycles. The van der Waals surface area contributed by atoms with Crippen molar-refractivity contribution in [2.24, 2.45) is 11.3 Å². The zero-order valence-electron chi connectivity index (χ0n) is 11.6. The average molecular weight is 257 g/mol. The number of rotatable bonds is 3. The summed E-state index contributed by atoms with van der Waals surface area (Å²) in [6.07, 6.45) is 0. The zero-order valence-corrected chi connectivity index (χ0v) is 11.6. The Labute approximate surface area is 108 Å². The molecule has 104 valence electrons. The van der Waals surface area contributed by atoms with E-state index in [1.165, 1.54) is 0 Å². The molecule has 1 atom stereocenters. The normalized spacial score (nSPS) is 20.4. The third-order valence-electron chi connectivity index (χ3n) is 3.15. The fourth-order valence-electron chi connectivity index (χ4n) is 2.01. The van der Waals surface area contributed by atoms with Crippen LogP contribution in [0.25, 0.3) is 0 Å². The van der Waals surface area contributed by atoms with Gasteiger partial charge in [0.2, 0.25) is 5.91 Å². The van der Waals surface area contributed by atoms with Crippen molar-refractivity contribution in [1.29, 1.82) is 0 Å². The molecule has 1 heterocycles. The van der Waals surface area contributed by atoms with Gasteiger partial charge in [0.25, 0.3) is 0 Å². The largest absolute Gasteiger partial charge is 0.481 e. The summed E-state index contributed by atoms with van der Waals surface area (Å²) in [5, 5.41) is 11.0. The Morgan fingerprint density at radius 1 is 1.17 bits per heavy atom. The molecule has 6 heteroatoms. The molecule has 0 radical (unpaired) electrons. The van der Waals surface area contributed by atoms with Gasteiger partial charge in [-0.15, -0.1) is 0 Å². The summed E-state index contributed by atoms with van der Waals surface area (Å²) in [7, 11) is 2.02. The third-order valence-corrected chi connectivity index (χ3v) is 3.15. The van der Waals surface area contributed by atoms with Crippen molar-refractivity contribution < 1.29 is 14.7 Å². The van der Waals surface area contributed by atoms with Gasteiger partial charge >= 0.3 is 5.97 Å². The van der Waals surface area contributed by atoms with Gasteiger partial charge in [0.1, 0.15) is 5.92 Å². The first-order valence-electron chi connectivity index (χ1n) is 6.18. The van der Waals surface area contributed by atoms with Crippen LogP contribution >= 0.6 is 0 Å². The standard InChI is InChI=1S/C12H23N3O3/c1-12(2,3)9(11(17)18)10(16)13-15-7-5-14(4)6-8-15/h9H,5-8H2,1-4H3,(H,13,16)(H,17,18). The Kier molecular flexibility index (Phi) is 4.70. The number of hydrogen-bond acceptors (Lipinski definition) is 4. The number of piperazine rings is 1. The van der Waals surface area contributed by atoms with Gasteiger partial charge in [0.15, 0.2) is 0 Å². The number of hydrazine groups is 1. The predicted octanol–water partition coefficient (Wildman–Crippen LogP) is 0.0119. The summed E-state index contributed by atoms with van der Waals surface area (Å²) in [6.45, 7) is 8.46. The number of amides is 1. The van der Waals surface area contributed by atoms with Gasteiger partial charge in [-0.25, -0.2) is 5.01 Å². The maximum atomic E-state index is 12.0. The number of nitrogens with one attached hydrogen (secondary N) is 1. The number of aliphatic carboxylic acids is 1. The Hall–Kier alpha value is -1.14. The molecule has 1 aliphatic rings. The van der Waals surface area contributed by atoms with E-state index in [9.17, 15) is 9.59 Å². The van der Waals surface area contributed by atoms with Crippen LogP contribution in [0, 0.1) is 11.3 Å². The van der Waals surface area contributed by atoms with Gasteiger partial charge in [0, 0.05) is 26.2 Å². The quantitative estimate of drug-likeness (QED) is 0.697. The number of carboxylic acids is 1. The molecular formula is C12H23N3O3. The summed E-state index contributed by atoms with van der Waals surface area (Å²) in [5.41, 5.74) is 2.12. The molecule has 0 aromatic carbocycles. The number of hydrogen-bond donors (Lipinski definition) is 2.